The number of aliphatic hydroxyl groups excluding tert-OH is 1. The van der Waals surface area contributed by atoms with E-state index in [1.807, 2.05) is 19.9 Å². The predicted octanol–water partition coefficient (Wildman–Crippen LogP) is 4.94. The number of aliphatic imine (C=N–C) groups is 1. The van der Waals surface area contributed by atoms with Gasteiger partial charge in [0.1, 0.15) is 17.6 Å². The van der Waals surface area contributed by atoms with Crippen molar-refractivity contribution in [3.63, 3.8) is 0 Å². The van der Waals surface area contributed by atoms with Crippen molar-refractivity contribution in [2.75, 3.05) is 31.0 Å². The number of alkyl carbamates (subject to hydrolysis) is 1. The minimum atomic E-state index is -0.510. The third-order valence-electron chi connectivity index (χ3n) is 4.73. The van der Waals surface area contributed by atoms with Crippen LogP contribution in [-0.2, 0) is 16.0 Å². The van der Waals surface area contributed by atoms with E-state index in [1.54, 1.807) is 36.4 Å². The molecule has 0 saturated carbocycles. The maximum atomic E-state index is 12.4. The SMILES string of the molecule is C=N/C=C(\O)c1ccc(NC(=O)Nc2cccc(CNC(=O)O[C@H]3CCOC3)c2)cc1OC.CC. The lowest BCUT2D eigenvalue weighted by atomic mass is 10.1. The summed E-state index contributed by atoms with van der Waals surface area (Å²) in [6, 6.07) is 11.4. The van der Waals surface area contributed by atoms with Crippen LogP contribution in [0, 0.1) is 0 Å². The molecule has 10 nitrogen and oxygen atoms in total. The smallest absolute Gasteiger partial charge is 0.407 e. The molecule has 3 rings (SSSR count). The number of benzene rings is 2. The number of amides is 3. The average Bonchev–Trinajstić information content (AvgIpc) is 3.37. The zero-order valence-electron chi connectivity index (χ0n) is 20.2. The molecule has 0 unspecified atom stereocenters. The maximum absolute atomic E-state index is 12.4. The van der Waals surface area contributed by atoms with Crippen LogP contribution in [0.25, 0.3) is 5.76 Å². The van der Waals surface area contributed by atoms with Gasteiger partial charge in [0.2, 0.25) is 0 Å². The zero-order valence-corrected chi connectivity index (χ0v) is 20.2. The Morgan fingerprint density at radius 1 is 1.20 bits per heavy atom. The maximum Gasteiger partial charge on any atom is 0.407 e. The average molecular weight is 485 g/mol. The number of nitrogens with one attached hydrogen (secondary N) is 3. The molecule has 0 spiro atoms. The zero-order chi connectivity index (χ0) is 25.6. The molecule has 1 atom stereocenters. The topological polar surface area (TPSA) is 131 Å². The number of hydrogen-bond acceptors (Lipinski definition) is 7. The first kappa shape index (κ1) is 27.2. The van der Waals surface area contributed by atoms with E-state index in [4.69, 9.17) is 14.2 Å². The van der Waals surface area contributed by atoms with E-state index < -0.39 is 12.1 Å². The van der Waals surface area contributed by atoms with Crippen molar-refractivity contribution in [3.05, 3.63) is 59.8 Å². The molecule has 4 N–H and O–H groups in total. The van der Waals surface area contributed by atoms with E-state index in [0.29, 0.717) is 42.3 Å². The Bertz CT molecular complexity index is 1030. The van der Waals surface area contributed by atoms with Crippen LogP contribution < -0.4 is 20.7 Å². The number of hydrogen-bond donors (Lipinski definition) is 4. The van der Waals surface area contributed by atoms with Gasteiger partial charge in [-0.2, -0.15) is 0 Å². The number of nitrogens with zero attached hydrogens (tertiary/aromatic N) is 1. The molecule has 2 aromatic carbocycles. The highest BCUT2D eigenvalue weighted by molar-refractivity contribution is 6.00. The summed E-state index contributed by atoms with van der Waals surface area (Å²) < 4.78 is 15.7. The molecular formula is C25H32N4O6. The van der Waals surface area contributed by atoms with Gasteiger partial charge in [-0.05, 0) is 36.5 Å². The van der Waals surface area contributed by atoms with E-state index >= 15 is 0 Å². The summed E-state index contributed by atoms with van der Waals surface area (Å²) in [5, 5.41) is 18.1. The van der Waals surface area contributed by atoms with Gasteiger partial charge >= 0.3 is 12.1 Å². The number of aliphatic hydroxyl groups is 1. The molecule has 1 aliphatic heterocycles. The normalized spacial score (nSPS) is 14.7. The standard InChI is InChI=1S/C23H26N4O6.C2H6/c1-24-13-20(28)19-7-6-17(11-21(19)31-2)27-22(29)26-16-5-3-4-15(10-16)12-25-23(30)33-18-8-9-32-14-18;1-2/h3-7,10-11,13,18,28H,1,8-9,12,14H2,2H3,(H,25,30)(H2,26,27,29);1-2H3/b20-13-;/t18-;/m0./s1. The number of carbonyl (C=O) groups excluding carboxylic acids is 2. The summed E-state index contributed by atoms with van der Waals surface area (Å²) >= 11 is 0. The molecule has 0 aliphatic carbocycles. The number of ether oxygens (including phenoxy) is 3. The van der Waals surface area contributed by atoms with Crippen molar-refractivity contribution < 1.29 is 28.9 Å². The van der Waals surface area contributed by atoms with Crippen molar-refractivity contribution in [1.82, 2.24) is 5.32 Å². The summed E-state index contributed by atoms with van der Waals surface area (Å²) in [6.45, 7) is 8.56. The van der Waals surface area contributed by atoms with Crippen LogP contribution in [0.2, 0.25) is 0 Å². The molecule has 0 bridgehead atoms. The van der Waals surface area contributed by atoms with E-state index in [9.17, 15) is 14.7 Å². The molecule has 1 saturated heterocycles. The largest absolute Gasteiger partial charge is 0.506 e. The van der Waals surface area contributed by atoms with E-state index in [1.165, 1.54) is 13.3 Å². The fourth-order valence-electron chi connectivity index (χ4n) is 3.16. The van der Waals surface area contributed by atoms with Crippen molar-refractivity contribution in [1.29, 1.82) is 0 Å². The Balaban J connectivity index is 0.00000210. The summed E-state index contributed by atoms with van der Waals surface area (Å²) in [7, 11) is 1.45. The Kier molecular flexibility index (Phi) is 11.1. The fraction of sp³-hybridized carbons (Fsp3) is 0.320. The Morgan fingerprint density at radius 2 is 1.94 bits per heavy atom. The first-order valence-electron chi connectivity index (χ1n) is 11.2. The highest BCUT2D eigenvalue weighted by Crippen LogP contribution is 2.28. The van der Waals surface area contributed by atoms with Crippen LogP contribution in [0.5, 0.6) is 5.75 Å². The minimum Gasteiger partial charge on any atom is -0.506 e. The first-order chi connectivity index (χ1) is 17.0. The van der Waals surface area contributed by atoms with Crippen molar-refractivity contribution >= 4 is 36.0 Å². The molecule has 0 radical (unpaired) electrons. The summed E-state index contributed by atoms with van der Waals surface area (Å²) in [4.78, 5) is 27.8. The number of carbonyl (C=O) groups is 2. The van der Waals surface area contributed by atoms with Crippen LogP contribution >= 0.6 is 0 Å². The Hall–Kier alpha value is -4.05. The van der Waals surface area contributed by atoms with Crippen LogP contribution in [0.15, 0.2) is 53.7 Å². The predicted molar refractivity (Wildman–Crippen MR) is 136 cm³/mol. The van der Waals surface area contributed by atoms with Crippen LogP contribution in [0.3, 0.4) is 0 Å². The second-order valence-electron chi connectivity index (χ2n) is 7.14. The lowest BCUT2D eigenvalue weighted by Crippen LogP contribution is -2.28. The number of methoxy groups -OCH3 is 1. The van der Waals surface area contributed by atoms with Crippen LogP contribution in [0.1, 0.15) is 31.4 Å². The molecule has 188 valence electrons. The molecule has 1 aliphatic rings. The minimum absolute atomic E-state index is 0.108. The lowest BCUT2D eigenvalue weighted by molar-refractivity contribution is 0.0828. The van der Waals surface area contributed by atoms with Gasteiger partial charge in [0.05, 0.1) is 32.1 Å². The van der Waals surface area contributed by atoms with Gasteiger partial charge in [-0.15, -0.1) is 0 Å². The van der Waals surface area contributed by atoms with E-state index in [2.05, 4.69) is 27.7 Å². The summed E-state index contributed by atoms with van der Waals surface area (Å²) in [6.07, 6.45) is 1.17. The Morgan fingerprint density at radius 3 is 2.60 bits per heavy atom. The third kappa shape index (κ3) is 8.67. The number of rotatable bonds is 8. The number of anilines is 2. The fourth-order valence-corrected chi connectivity index (χ4v) is 3.16. The molecule has 1 fully saturated rings. The van der Waals surface area contributed by atoms with Crippen LogP contribution in [0.4, 0.5) is 21.0 Å². The van der Waals surface area contributed by atoms with Gasteiger partial charge in [-0.25, -0.2) is 9.59 Å². The van der Waals surface area contributed by atoms with Crippen molar-refractivity contribution in [2.24, 2.45) is 4.99 Å². The second kappa shape index (κ2) is 14.3. The monoisotopic (exact) mass is 484 g/mol. The van der Waals surface area contributed by atoms with Gasteiger partial charge in [0.15, 0.2) is 0 Å². The van der Waals surface area contributed by atoms with Crippen molar-refractivity contribution in [2.45, 2.75) is 32.9 Å². The summed E-state index contributed by atoms with van der Waals surface area (Å²) in [5.74, 6) is 0.248. The quantitative estimate of drug-likeness (QED) is 0.310. The molecular weight excluding hydrogens is 452 g/mol. The van der Waals surface area contributed by atoms with E-state index in [0.717, 1.165) is 5.56 Å². The van der Waals surface area contributed by atoms with E-state index in [-0.39, 0.29) is 18.4 Å². The van der Waals surface area contributed by atoms with Gasteiger partial charge in [0.25, 0.3) is 0 Å². The molecule has 3 amide bonds. The van der Waals surface area contributed by atoms with Gasteiger partial charge in [-0.3, -0.25) is 4.99 Å². The highest BCUT2D eigenvalue weighted by atomic mass is 16.6. The molecule has 2 aromatic rings. The molecule has 1 heterocycles. The van der Waals surface area contributed by atoms with Gasteiger partial charge in [0, 0.05) is 30.4 Å². The van der Waals surface area contributed by atoms with Gasteiger partial charge in [-0.1, -0.05) is 26.0 Å². The molecule has 0 aromatic heterocycles. The second-order valence-corrected chi connectivity index (χ2v) is 7.14. The summed E-state index contributed by atoms with van der Waals surface area (Å²) in [5.41, 5.74) is 2.21. The Labute approximate surface area is 205 Å². The van der Waals surface area contributed by atoms with Crippen molar-refractivity contribution in [3.8, 4) is 5.75 Å². The third-order valence-corrected chi connectivity index (χ3v) is 4.73. The molecule has 35 heavy (non-hydrogen) atoms. The lowest BCUT2D eigenvalue weighted by Gasteiger charge is -2.13. The first-order valence-corrected chi connectivity index (χ1v) is 11.2. The highest BCUT2D eigenvalue weighted by Gasteiger charge is 2.19. The number of urea groups is 1. The molecule has 10 heteroatoms. The van der Waals surface area contributed by atoms with Gasteiger partial charge < -0.3 is 35.3 Å². The van der Waals surface area contributed by atoms with Crippen LogP contribution in [-0.4, -0.2) is 50.4 Å².